The average Bonchev–Trinajstić information content (AvgIpc) is 2.70. The predicted molar refractivity (Wildman–Crippen MR) is 109 cm³/mol. The van der Waals surface area contributed by atoms with Crippen molar-refractivity contribution in [2.45, 2.75) is 6.04 Å². The molecule has 29 heavy (non-hydrogen) atoms. The van der Waals surface area contributed by atoms with E-state index in [-0.39, 0.29) is 23.7 Å². The first-order valence-corrected chi connectivity index (χ1v) is 9.93. The molecule has 0 aromatic heterocycles. The Morgan fingerprint density at radius 2 is 1.72 bits per heavy atom. The highest BCUT2D eigenvalue weighted by molar-refractivity contribution is 5.91. The lowest BCUT2D eigenvalue weighted by atomic mass is 10.0. The van der Waals surface area contributed by atoms with Crippen LogP contribution < -0.4 is 15.1 Å². The SMILES string of the molecule is CN(C)C(=O)[C@H](c1ccccc1)[NH+]1CC[NH+](CC(=O)Nc2cccc(F)c2)CC1. The van der Waals surface area contributed by atoms with Gasteiger partial charge in [-0.2, -0.15) is 0 Å². The van der Waals surface area contributed by atoms with E-state index < -0.39 is 0 Å². The fourth-order valence-corrected chi connectivity index (χ4v) is 3.85. The molecule has 3 rings (SSSR count). The van der Waals surface area contributed by atoms with Crippen molar-refractivity contribution in [3.05, 3.63) is 66.0 Å². The number of quaternary nitrogens is 2. The number of anilines is 1. The van der Waals surface area contributed by atoms with E-state index in [0.717, 1.165) is 31.7 Å². The Bertz CT molecular complexity index is 836. The first-order valence-electron chi connectivity index (χ1n) is 9.93. The molecule has 1 fully saturated rings. The van der Waals surface area contributed by atoms with Crippen molar-refractivity contribution in [1.82, 2.24) is 4.90 Å². The fourth-order valence-electron chi connectivity index (χ4n) is 3.85. The summed E-state index contributed by atoms with van der Waals surface area (Å²) in [5.74, 6) is -0.401. The molecule has 2 amide bonds. The van der Waals surface area contributed by atoms with Crippen LogP contribution in [0.3, 0.4) is 0 Å². The first kappa shape index (κ1) is 21.0. The second kappa shape index (κ2) is 9.62. The van der Waals surface area contributed by atoms with Gasteiger partial charge in [-0.25, -0.2) is 4.39 Å². The van der Waals surface area contributed by atoms with Gasteiger partial charge in [-0.15, -0.1) is 0 Å². The topological polar surface area (TPSA) is 58.3 Å². The molecule has 1 aliphatic heterocycles. The number of rotatable bonds is 6. The van der Waals surface area contributed by atoms with Gasteiger partial charge in [0.25, 0.3) is 11.8 Å². The molecule has 0 radical (unpaired) electrons. The van der Waals surface area contributed by atoms with Gasteiger partial charge in [0.1, 0.15) is 32.0 Å². The Labute approximate surface area is 170 Å². The Hall–Kier alpha value is -2.77. The normalized spacial score (nSPS) is 20.0. The van der Waals surface area contributed by atoms with Gasteiger partial charge < -0.3 is 20.0 Å². The Kier molecular flexibility index (Phi) is 6.95. The third-order valence-electron chi connectivity index (χ3n) is 5.35. The van der Waals surface area contributed by atoms with E-state index in [4.69, 9.17) is 0 Å². The molecule has 154 valence electrons. The maximum absolute atomic E-state index is 13.3. The third kappa shape index (κ3) is 5.62. The smallest absolute Gasteiger partial charge is 0.285 e. The van der Waals surface area contributed by atoms with Crippen LogP contribution in [0.25, 0.3) is 0 Å². The second-order valence-corrected chi connectivity index (χ2v) is 7.72. The van der Waals surface area contributed by atoms with E-state index in [1.54, 1.807) is 31.1 Å². The molecule has 0 aliphatic carbocycles. The summed E-state index contributed by atoms with van der Waals surface area (Å²) in [6.45, 7) is 3.55. The number of carbonyl (C=O) groups is 2. The average molecular weight is 400 g/mol. The number of nitrogens with zero attached hydrogens (tertiary/aromatic N) is 1. The summed E-state index contributed by atoms with van der Waals surface area (Å²) >= 11 is 0. The van der Waals surface area contributed by atoms with Crippen molar-refractivity contribution in [1.29, 1.82) is 0 Å². The minimum Gasteiger partial charge on any atom is -0.343 e. The highest BCUT2D eigenvalue weighted by atomic mass is 19.1. The summed E-state index contributed by atoms with van der Waals surface area (Å²) in [6.07, 6.45) is 0. The molecular weight excluding hydrogens is 371 g/mol. The molecule has 0 spiro atoms. The van der Waals surface area contributed by atoms with E-state index in [0.29, 0.717) is 12.2 Å². The fraction of sp³-hybridized carbons (Fsp3) is 0.364. The zero-order valence-electron chi connectivity index (χ0n) is 17.0. The molecule has 3 N–H and O–H groups in total. The van der Waals surface area contributed by atoms with E-state index in [1.165, 1.54) is 21.9 Å². The predicted octanol–water partition coefficient (Wildman–Crippen LogP) is -0.623. The molecule has 0 unspecified atom stereocenters. The zero-order chi connectivity index (χ0) is 20.8. The van der Waals surface area contributed by atoms with E-state index in [1.807, 2.05) is 30.3 Å². The number of amides is 2. The van der Waals surface area contributed by atoms with E-state index in [9.17, 15) is 14.0 Å². The lowest BCUT2D eigenvalue weighted by Crippen LogP contribution is -3.28. The van der Waals surface area contributed by atoms with Crippen LogP contribution in [0.1, 0.15) is 11.6 Å². The summed E-state index contributed by atoms with van der Waals surface area (Å²) in [6, 6.07) is 15.6. The van der Waals surface area contributed by atoms with Crippen LogP contribution in [-0.2, 0) is 9.59 Å². The van der Waals surface area contributed by atoms with Crippen LogP contribution in [-0.4, -0.2) is 63.5 Å². The molecule has 6 nitrogen and oxygen atoms in total. The van der Waals surface area contributed by atoms with Crippen LogP contribution in [0.2, 0.25) is 0 Å². The molecule has 0 bridgehead atoms. The van der Waals surface area contributed by atoms with Gasteiger partial charge in [-0.1, -0.05) is 36.4 Å². The number of hydrogen-bond donors (Lipinski definition) is 3. The molecule has 2 aromatic rings. The molecule has 7 heteroatoms. The second-order valence-electron chi connectivity index (χ2n) is 7.72. The molecule has 2 aromatic carbocycles. The number of carbonyl (C=O) groups excluding carboxylic acids is 2. The van der Waals surface area contributed by atoms with Gasteiger partial charge >= 0.3 is 0 Å². The summed E-state index contributed by atoms with van der Waals surface area (Å²) in [5.41, 5.74) is 1.49. The zero-order valence-corrected chi connectivity index (χ0v) is 17.0. The van der Waals surface area contributed by atoms with Crippen molar-refractivity contribution >= 4 is 17.5 Å². The van der Waals surface area contributed by atoms with Gasteiger partial charge in [0.15, 0.2) is 12.6 Å². The lowest BCUT2D eigenvalue weighted by Gasteiger charge is -2.34. The van der Waals surface area contributed by atoms with Crippen LogP contribution >= 0.6 is 0 Å². The van der Waals surface area contributed by atoms with Crippen LogP contribution in [0.15, 0.2) is 54.6 Å². The van der Waals surface area contributed by atoms with Crippen LogP contribution in [0.5, 0.6) is 0 Å². The highest BCUT2D eigenvalue weighted by Gasteiger charge is 2.36. The van der Waals surface area contributed by atoms with Crippen LogP contribution in [0.4, 0.5) is 10.1 Å². The number of piperazine rings is 1. The number of benzene rings is 2. The van der Waals surface area contributed by atoms with E-state index >= 15 is 0 Å². The standard InChI is InChI=1S/C22H27FN4O2/c1-25(2)22(29)21(17-7-4-3-5-8-17)27-13-11-26(12-14-27)16-20(28)24-19-10-6-9-18(23)15-19/h3-10,15,21H,11-14,16H2,1-2H3,(H,24,28)/p+2/t21-/m0/s1. The van der Waals surface area contributed by atoms with Crippen molar-refractivity contribution in [3.63, 3.8) is 0 Å². The molecule has 1 heterocycles. The minimum atomic E-state index is -0.370. The van der Waals surface area contributed by atoms with Crippen LogP contribution in [0, 0.1) is 5.82 Å². The largest absolute Gasteiger partial charge is 0.343 e. The van der Waals surface area contributed by atoms with Gasteiger partial charge in [-0.3, -0.25) is 9.59 Å². The maximum Gasteiger partial charge on any atom is 0.285 e. The van der Waals surface area contributed by atoms with Gasteiger partial charge in [0.2, 0.25) is 0 Å². The lowest BCUT2D eigenvalue weighted by molar-refractivity contribution is -1.02. The molecular formula is C22H29FN4O2+2. The summed E-state index contributed by atoms with van der Waals surface area (Å²) in [5, 5.41) is 2.76. The molecule has 1 aliphatic rings. The number of hydrogen-bond acceptors (Lipinski definition) is 2. The quantitative estimate of drug-likeness (QED) is 0.605. The van der Waals surface area contributed by atoms with Gasteiger partial charge in [0.05, 0.1) is 0 Å². The molecule has 1 saturated heterocycles. The number of halogens is 1. The van der Waals surface area contributed by atoms with Crippen molar-refractivity contribution in [2.24, 2.45) is 0 Å². The number of nitrogens with one attached hydrogen (secondary N) is 3. The summed E-state index contributed by atoms with van der Waals surface area (Å²) in [7, 11) is 3.58. The van der Waals surface area contributed by atoms with E-state index in [2.05, 4.69) is 5.32 Å². The van der Waals surface area contributed by atoms with Gasteiger partial charge in [0, 0.05) is 25.3 Å². The maximum atomic E-state index is 13.3. The minimum absolute atomic E-state index is 0.0958. The van der Waals surface area contributed by atoms with Gasteiger partial charge in [-0.05, 0) is 18.2 Å². The van der Waals surface area contributed by atoms with Crippen molar-refractivity contribution in [3.8, 4) is 0 Å². The Balaban J connectivity index is 1.58. The summed E-state index contributed by atoms with van der Waals surface area (Å²) in [4.78, 5) is 29.2. The summed E-state index contributed by atoms with van der Waals surface area (Å²) < 4.78 is 13.3. The third-order valence-corrected chi connectivity index (χ3v) is 5.35. The Morgan fingerprint density at radius 3 is 2.34 bits per heavy atom. The van der Waals surface area contributed by atoms with Crippen molar-refractivity contribution in [2.75, 3.05) is 52.1 Å². The molecule has 1 atom stereocenters. The monoisotopic (exact) mass is 400 g/mol. The molecule has 0 saturated carbocycles. The number of likely N-dealkylation sites (N-methyl/N-ethyl adjacent to an activating group) is 1. The Morgan fingerprint density at radius 1 is 1.03 bits per heavy atom. The first-order chi connectivity index (χ1) is 13.9. The highest BCUT2D eigenvalue weighted by Crippen LogP contribution is 2.12. The van der Waals surface area contributed by atoms with Crippen molar-refractivity contribution < 1.29 is 23.8 Å².